The first-order chi connectivity index (χ1) is 13.2. The van der Waals surface area contributed by atoms with Gasteiger partial charge in [-0.05, 0) is 53.0 Å². The Kier molecular flexibility index (Phi) is 5.15. The van der Waals surface area contributed by atoms with Crippen LogP contribution in [0.1, 0.15) is 23.2 Å². The van der Waals surface area contributed by atoms with Crippen LogP contribution in [-0.2, 0) is 0 Å². The van der Waals surface area contributed by atoms with E-state index in [9.17, 15) is 4.79 Å². The summed E-state index contributed by atoms with van der Waals surface area (Å²) in [5, 5.41) is 11.8. The topological polar surface area (TPSA) is 75.9 Å². The van der Waals surface area contributed by atoms with Crippen molar-refractivity contribution in [1.29, 1.82) is 0 Å². The lowest BCUT2D eigenvalue weighted by Crippen LogP contribution is -2.45. The summed E-state index contributed by atoms with van der Waals surface area (Å²) < 4.78 is 0.942. The van der Waals surface area contributed by atoms with Crippen molar-refractivity contribution in [3.63, 3.8) is 0 Å². The molecule has 138 valence electrons. The van der Waals surface area contributed by atoms with Crippen LogP contribution in [0.3, 0.4) is 0 Å². The van der Waals surface area contributed by atoms with Crippen LogP contribution in [0, 0.1) is 0 Å². The summed E-state index contributed by atoms with van der Waals surface area (Å²) in [7, 11) is 0. The molecule has 1 atom stereocenters. The van der Waals surface area contributed by atoms with Crippen LogP contribution in [0.4, 0.5) is 5.82 Å². The third-order valence-corrected chi connectivity index (χ3v) is 5.03. The summed E-state index contributed by atoms with van der Waals surface area (Å²) >= 11 is 3.39. The smallest absolute Gasteiger partial charge is 0.256 e. The van der Waals surface area contributed by atoms with Gasteiger partial charge in [-0.2, -0.15) is 15.0 Å². The Morgan fingerprint density at radius 1 is 1.15 bits per heavy atom. The molecule has 3 aromatic rings. The molecule has 1 saturated heterocycles. The highest BCUT2D eigenvalue weighted by atomic mass is 79.9. The second-order valence-corrected chi connectivity index (χ2v) is 7.35. The average Bonchev–Trinajstić information content (AvgIpc) is 3.24. The number of nitrogens with zero attached hydrogens (tertiary/aromatic N) is 5. The van der Waals surface area contributed by atoms with E-state index in [1.807, 2.05) is 41.3 Å². The molecule has 1 amide bonds. The number of hydrogen-bond acceptors (Lipinski definition) is 5. The van der Waals surface area contributed by atoms with E-state index in [2.05, 4.69) is 36.4 Å². The van der Waals surface area contributed by atoms with E-state index >= 15 is 0 Å². The lowest BCUT2D eigenvalue weighted by Gasteiger charge is -2.33. The fourth-order valence-electron chi connectivity index (χ4n) is 3.29. The monoisotopic (exact) mass is 426 g/mol. The minimum Gasteiger partial charge on any atom is -0.366 e. The number of halogens is 1. The second-order valence-electron chi connectivity index (χ2n) is 6.43. The van der Waals surface area contributed by atoms with Gasteiger partial charge in [0.05, 0.1) is 23.6 Å². The van der Waals surface area contributed by atoms with E-state index in [1.165, 1.54) is 4.80 Å². The second kappa shape index (κ2) is 7.87. The first kappa shape index (κ1) is 17.7. The summed E-state index contributed by atoms with van der Waals surface area (Å²) in [6.07, 6.45) is 6.92. The minimum absolute atomic E-state index is 0.00170. The Morgan fingerprint density at radius 2 is 1.96 bits per heavy atom. The van der Waals surface area contributed by atoms with Gasteiger partial charge in [0.2, 0.25) is 0 Å². The maximum atomic E-state index is 13.2. The molecule has 7 nitrogen and oxygen atoms in total. The maximum absolute atomic E-state index is 13.2. The van der Waals surface area contributed by atoms with E-state index in [-0.39, 0.29) is 11.9 Å². The zero-order chi connectivity index (χ0) is 18.6. The molecule has 1 aliphatic heterocycles. The molecule has 0 aliphatic carbocycles. The van der Waals surface area contributed by atoms with Gasteiger partial charge < -0.3 is 10.2 Å². The molecule has 0 saturated carbocycles. The number of hydrogen-bond donors (Lipinski definition) is 1. The molecule has 0 unspecified atom stereocenters. The molecule has 1 N–H and O–H groups in total. The number of piperidine rings is 1. The molecule has 27 heavy (non-hydrogen) atoms. The number of pyridine rings is 1. The molecule has 1 fully saturated rings. The zero-order valence-electron chi connectivity index (χ0n) is 14.6. The molecular formula is C19H19BrN6O. The number of likely N-dealkylation sites (tertiary alicyclic amines) is 1. The molecule has 3 heterocycles. The van der Waals surface area contributed by atoms with Gasteiger partial charge in [-0.15, -0.1) is 0 Å². The van der Waals surface area contributed by atoms with Crippen molar-refractivity contribution < 1.29 is 4.79 Å². The highest BCUT2D eigenvalue weighted by molar-refractivity contribution is 9.10. The van der Waals surface area contributed by atoms with Crippen LogP contribution in [0.5, 0.6) is 0 Å². The van der Waals surface area contributed by atoms with Gasteiger partial charge in [0.25, 0.3) is 5.91 Å². The van der Waals surface area contributed by atoms with Crippen molar-refractivity contribution in [2.24, 2.45) is 0 Å². The average molecular weight is 427 g/mol. The zero-order valence-corrected chi connectivity index (χ0v) is 16.2. The largest absolute Gasteiger partial charge is 0.366 e. The van der Waals surface area contributed by atoms with Gasteiger partial charge >= 0.3 is 0 Å². The number of benzene rings is 1. The van der Waals surface area contributed by atoms with Gasteiger partial charge in [-0.25, -0.2) is 4.98 Å². The highest BCUT2D eigenvalue weighted by Gasteiger charge is 2.26. The minimum atomic E-state index is -0.00170. The summed E-state index contributed by atoms with van der Waals surface area (Å²) in [4.78, 5) is 20.9. The van der Waals surface area contributed by atoms with Crippen LogP contribution < -0.4 is 5.32 Å². The number of anilines is 1. The molecule has 0 spiro atoms. The van der Waals surface area contributed by atoms with Crippen LogP contribution in [0.25, 0.3) is 5.69 Å². The first-order valence-electron chi connectivity index (χ1n) is 8.84. The summed E-state index contributed by atoms with van der Waals surface area (Å²) in [6, 6.07) is 11.5. The van der Waals surface area contributed by atoms with Gasteiger partial charge in [0.15, 0.2) is 0 Å². The van der Waals surface area contributed by atoms with Crippen molar-refractivity contribution in [2.75, 3.05) is 18.4 Å². The first-order valence-corrected chi connectivity index (χ1v) is 9.63. The molecular weight excluding hydrogens is 408 g/mol. The molecule has 1 aromatic carbocycles. The number of nitrogens with one attached hydrogen (secondary N) is 1. The Labute approximate surface area is 165 Å². The van der Waals surface area contributed by atoms with Gasteiger partial charge in [0, 0.05) is 29.8 Å². The normalized spacial score (nSPS) is 16.9. The number of carbonyl (C=O) groups is 1. The van der Waals surface area contributed by atoms with E-state index < -0.39 is 0 Å². The van der Waals surface area contributed by atoms with Crippen LogP contribution in [0.15, 0.2) is 59.5 Å². The predicted molar refractivity (Wildman–Crippen MR) is 106 cm³/mol. The standard InChI is InChI=1S/C19H19BrN6O/c20-14-7-8-18(21-12-14)24-15-4-3-11-25(13-15)19(27)16-5-1-2-6-17(16)26-22-9-10-23-26/h1-2,5-10,12,15H,3-4,11,13H2,(H,21,24)/t15-/m1/s1. The Morgan fingerprint density at radius 3 is 2.74 bits per heavy atom. The lowest BCUT2D eigenvalue weighted by atomic mass is 10.0. The van der Waals surface area contributed by atoms with E-state index in [0.29, 0.717) is 17.8 Å². The molecule has 0 radical (unpaired) electrons. The fourth-order valence-corrected chi connectivity index (χ4v) is 3.52. The summed E-state index contributed by atoms with van der Waals surface area (Å²) in [6.45, 7) is 1.38. The highest BCUT2D eigenvalue weighted by Crippen LogP contribution is 2.20. The van der Waals surface area contributed by atoms with Crippen molar-refractivity contribution in [2.45, 2.75) is 18.9 Å². The lowest BCUT2D eigenvalue weighted by molar-refractivity contribution is 0.0714. The van der Waals surface area contributed by atoms with Crippen LogP contribution >= 0.6 is 15.9 Å². The van der Waals surface area contributed by atoms with E-state index in [4.69, 9.17) is 0 Å². The number of para-hydroxylation sites is 1. The molecule has 4 rings (SSSR count). The van der Waals surface area contributed by atoms with Crippen molar-refractivity contribution in [3.05, 3.63) is 65.0 Å². The molecule has 1 aliphatic rings. The molecule has 2 aromatic heterocycles. The Hall–Kier alpha value is -2.74. The maximum Gasteiger partial charge on any atom is 0.256 e. The van der Waals surface area contributed by atoms with Gasteiger partial charge in [-0.3, -0.25) is 4.79 Å². The SMILES string of the molecule is O=C(c1ccccc1-n1nccn1)N1CCC[C@@H](Nc2ccc(Br)cn2)C1. The number of aromatic nitrogens is 4. The molecule has 0 bridgehead atoms. The number of rotatable bonds is 4. The quantitative estimate of drug-likeness (QED) is 0.693. The van der Waals surface area contributed by atoms with E-state index in [0.717, 1.165) is 29.7 Å². The van der Waals surface area contributed by atoms with Gasteiger partial charge in [0.1, 0.15) is 5.82 Å². The van der Waals surface area contributed by atoms with Crippen molar-refractivity contribution in [1.82, 2.24) is 24.9 Å². The van der Waals surface area contributed by atoms with Crippen molar-refractivity contribution in [3.8, 4) is 5.69 Å². The Bertz CT molecular complexity index is 912. The van der Waals surface area contributed by atoms with Gasteiger partial charge in [-0.1, -0.05) is 12.1 Å². The van der Waals surface area contributed by atoms with Crippen LogP contribution in [0.2, 0.25) is 0 Å². The predicted octanol–water partition coefficient (Wildman–Crippen LogP) is 3.14. The number of amides is 1. The fraction of sp³-hybridized carbons (Fsp3) is 0.263. The van der Waals surface area contributed by atoms with Crippen molar-refractivity contribution >= 4 is 27.7 Å². The summed E-state index contributed by atoms with van der Waals surface area (Å²) in [5.74, 6) is 0.816. The molecule has 8 heteroatoms. The van der Waals surface area contributed by atoms with E-state index in [1.54, 1.807) is 18.6 Å². The summed E-state index contributed by atoms with van der Waals surface area (Å²) in [5.41, 5.74) is 1.30. The third kappa shape index (κ3) is 4.00. The van der Waals surface area contributed by atoms with Crippen LogP contribution in [-0.4, -0.2) is 49.9 Å². The third-order valence-electron chi connectivity index (χ3n) is 4.56. The Balaban J connectivity index is 1.50. The number of carbonyl (C=O) groups excluding carboxylic acids is 1.